The molecular formula is C14H17N5O3. The van der Waals surface area contributed by atoms with Crippen molar-refractivity contribution in [3.63, 3.8) is 0 Å². The Bertz CT molecular complexity index is 675. The van der Waals surface area contributed by atoms with Gasteiger partial charge in [0.25, 0.3) is 0 Å². The summed E-state index contributed by atoms with van der Waals surface area (Å²) in [6, 6.07) is 5.78. The number of anilines is 2. The van der Waals surface area contributed by atoms with Crippen LogP contribution in [-0.2, 0) is 16.1 Å². The standard InChI is InChI=1S/C14H17N5O3/c1-9-4-10(2)6-11(5-9)16-13(20)8-19-15-7-12(18-19)17-14(21)22-3/h4-7H,8H2,1-3H3,(H,16,20)(H,17,18,21). The molecule has 1 aromatic heterocycles. The Morgan fingerprint density at radius 2 is 1.86 bits per heavy atom. The predicted octanol–water partition coefficient (Wildman–Crippen LogP) is 1.71. The summed E-state index contributed by atoms with van der Waals surface area (Å²) in [6.07, 6.45) is 0.688. The summed E-state index contributed by atoms with van der Waals surface area (Å²) in [5.74, 6) is -0.0451. The van der Waals surface area contributed by atoms with Crippen LogP contribution in [0, 0.1) is 13.8 Å². The molecule has 0 atom stereocenters. The number of hydrogen-bond donors (Lipinski definition) is 2. The fourth-order valence-electron chi connectivity index (χ4n) is 1.96. The third kappa shape index (κ3) is 4.30. The van der Waals surface area contributed by atoms with Crippen LogP contribution in [0.1, 0.15) is 11.1 Å². The minimum atomic E-state index is -0.647. The Labute approximate surface area is 127 Å². The maximum Gasteiger partial charge on any atom is 0.412 e. The molecule has 1 aromatic carbocycles. The Hall–Kier alpha value is -2.90. The van der Waals surface area contributed by atoms with Crippen LogP contribution in [0.25, 0.3) is 0 Å². The molecule has 2 N–H and O–H groups in total. The largest absolute Gasteiger partial charge is 0.453 e. The van der Waals surface area contributed by atoms with Crippen LogP contribution in [0.4, 0.5) is 16.3 Å². The van der Waals surface area contributed by atoms with Gasteiger partial charge < -0.3 is 10.1 Å². The molecule has 22 heavy (non-hydrogen) atoms. The maximum absolute atomic E-state index is 12.0. The number of benzene rings is 1. The van der Waals surface area contributed by atoms with Gasteiger partial charge in [0.05, 0.1) is 13.3 Å². The van der Waals surface area contributed by atoms with Gasteiger partial charge in [0.1, 0.15) is 6.54 Å². The molecule has 8 heteroatoms. The van der Waals surface area contributed by atoms with Gasteiger partial charge in [0.2, 0.25) is 5.91 Å². The van der Waals surface area contributed by atoms with E-state index in [4.69, 9.17) is 0 Å². The summed E-state index contributed by atoms with van der Waals surface area (Å²) in [5.41, 5.74) is 2.86. The molecule has 0 radical (unpaired) electrons. The fraction of sp³-hybridized carbons (Fsp3) is 0.286. The van der Waals surface area contributed by atoms with Crippen molar-refractivity contribution in [2.45, 2.75) is 20.4 Å². The third-order valence-electron chi connectivity index (χ3n) is 2.74. The lowest BCUT2D eigenvalue weighted by molar-refractivity contribution is -0.117. The molecule has 116 valence electrons. The van der Waals surface area contributed by atoms with Crippen molar-refractivity contribution in [2.75, 3.05) is 17.7 Å². The van der Waals surface area contributed by atoms with E-state index in [2.05, 4.69) is 25.6 Å². The van der Waals surface area contributed by atoms with Gasteiger partial charge in [-0.2, -0.15) is 9.90 Å². The lowest BCUT2D eigenvalue weighted by atomic mass is 10.1. The molecule has 0 aliphatic rings. The van der Waals surface area contributed by atoms with Crippen LogP contribution in [0.5, 0.6) is 0 Å². The molecule has 2 amide bonds. The van der Waals surface area contributed by atoms with Crippen molar-refractivity contribution in [2.24, 2.45) is 0 Å². The number of methoxy groups -OCH3 is 1. The molecule has 0 spiro atoms. The van der Waals surface area contributed by atoms with Gasteiger partial charge in [-0.3, -0.25) is 10.1 Å². The zero-order valence-electron chi connectivity index (χ0n) is 12.6. The number of amides is 2. The molecule has 1 heterocycles. The highest BCUT2D eigenvalue weighted by atomic mass is 16.5. The number of aromatic nitrogens is 3. The molecule has 2 rings (SSSR count). The van der Waals surface area contributed by atoms with E-state index in [0.717, 1.165) is 16.8 Å². The van der Waals surface area contributed by atoms with Crippen molar-refractivity contribution in [1.29, 1.82) is 0 Å². The zero-order valence-corrected chi connectivity index (χ0v) is 12.6. The molecule has 0 unspecified atom stereocenters. The minimum Gasteiger partial charge on any atom is -0.453 e. The first kappa shape index (κ1) is 15.5. The van der Waals surface area contributed by atoms with E-state index in [1.165, 1.54) is 18.1 Å². The second kappa shape index (κ2) is 6.70. The Kier molecular flexibility index (Phi) is 4.72. The highest BCUT2D eigenvalue weighted by Gasteiger charge is 2.09. The van der Waals surface area contributed by atoms with Gasteiger partial charge in [-0.1, -0.05) is 6.07 Å². The quantitative estimate of drug-likeness (QED) is 0.896. The van der Waals surface area contributed by atoms with Crippen molar-refractivity contribution in [1.82, 2.24) is 15.0 Å². The molecule has 0 aliphatic heterocycles. The van der Waals surface area contributed by atoms with Crippen LogP contribution >= 0.6 is 0 Å². The molecule has 0 aliphatic carbocycles. The average Bonchev–Trinajstić information content (AvgIpc) is 2.84. The smallest absolute Gasteiger partial charge is 0.412 e. The molecular weight excluding hydrogens is 286 g/mol. The second-order valence-electron chi connectivity index (χ2n) is 4.80. The molecule has 8 nitrogen and oxygen atoms in total. The molecule has 0 saturated carbocycles. The van der Waals surface area contributed by atoms with Gasteiger partial charge in [-0.15, -0.1) is 5.10 Å². The Balaban J connectivity index is 1.96. The number of carbonyl (C=O) groups excluding carboxylic acids is 2. The van der Waals surface area contributed by atoms with Crippen LogP contribution in [0.3, 0.4) is 0 Å². The summed E-state index contributed by atoms with van der Waals surface area (Å²) in [5, 5.41) is 13.0. The van der Waals surface area contributed by atoms with E-state index in [-0.39, 0.29) is 18.3 Å². The predicted molar refractivity (Wildman–Crippen MR) is 80.6 cm³/mol. The second-order valence-corrected chi connectivity index (χ2v) is 4.80. The van der Waals surface area contributed by atoms with Crippen molar-refractivity contribution in [3.05, 3.63) is 35.5 Å². The summed E-state index contributed by atoms with van der Waals surface area (Å²) < 4.78 is 4.44. The topological polar surface area (TPSA) is 98.1 Å². The normalized spacial score (nSPS) is 10.1. The first-order valence-corrected chi connectivity index (χ1v) is 6.59. The first-order valence-electron chi connectivity index (χ1n) is 6.59. The van der Waals surface area contributed by atoms with Gasteiger partial charge in [-0.25, -0.2) is 4.79 Å². The van der Waals surface area contributed by atoms with Gasteiger partial charge in [-0.05, 0) is 37.1 Å². The van der Waals surface area contributed by atoms with E-state index >= 15 is 0 Å². The van der Waals surface area contributed by atoms with Crippen LogP contribution in [-0.4, -0.2) is 34.1 Å². The monoisotopic (exact) mass is 303 g/mol. The number of rotatable bonds is 4. The van der Waals surface area contributed by atoms with E-state index in [0.29, 0.717) is 0 Å². The van der Waals surface area contributed by atoms with Crippen LogP contribution in [0.15, 0.2) is 24.4 Å². The van der Waals surface area contributed by atoms with Crippen molar-refractivity contribution < 1.29 is 14.3 Å². The average molecular weight is 303 g/mol. The number of ether oxygens (including phenoxy) is 1. The van der Waals surface area contributed by atoms with Crippen molar-refractivity contribution >= 4 is 23.5 Å². The maximum atomic E-state index is 12.0. The molecule has 0 fully saturated rings. The third-order valence-corrected chi connectivity index (χ3v) is 2.74. The minimum absolute atomic E-state index is 0.0597. The molecule has 2 aromatic rings. The highest BCUT2D eigenvalue weighted by molar-refractivity contribution is 5.90. The summed E-state index contributed by atoms with van der Waals surface area (Å²) >= 11 is 0. The summed E-state index contributed by atoms with van der Waals surface area (Å²) in [7, 11) is 1.25. The Morgan fingerprint density at radius 1 is 1.18 bits per heavy atom. The number of aryl methyl sites for hydroxylation is 2. The Morgan fingerprint density at radius 3 is 2.50 bits per heavy atom. The summed E-state index contributed by atoms with van der Waals surface area (Å²) in [4.78, 5) is 24.2. The number of nitrogens with one attached hydrogen (secondary N) is 2. The van der Waals surface area contributed by atoms with E-state index in [9.17, 15) is 9.59 Å². The number of hydrogen-bond acceptors (Lipinski definition) is 5. The number of nitrogens with zero attached hydrogens (tertiary/aromatic N) is 3. The van der Waals surface area contributed by atoms with Gasteiger partial charge >= 0.3 is 6.09 Å². The van der Waals surface area contributed by atoms with Gasteiger partial charge in [0.15, 0.2) is 5.82 Å². The van der Waals surface area contributed by atoms with E-state index < -0.39 is 6.09 Å². The molecule has 0 saturated heterocycles. The molecule has 0 bridgehead atoms. The number of carbonyl (C=O) groups is 2. The highest BCUT2D eigenvalue weighted by Crippen LogP contribution is 2.13. The van der Waals surface area contributed by atoms with E-state index in [1.54, 1.807) is 0 Å². The zero-order chi connectivity index (χ0) is 16.1. The summed E-state index contributed by atoms with van der Waals surface area (Å²) in [6.45, 7) is 3.86. The van der Waals surface area contributed by atoms with Gasteiger partial charge in [0, 0.05) is 5.69 Å². The SMILES string of the molecule is COC(=O)Nc1cnn(CC(=O)Nc2cc(C)cc(C)c2)n1. The lowest BCUT2D eigenvalue weighted by Crippen LogP contribution is -2.20. The fourth-order valence-corrected chi connectivity index (χ4v) is 1.96. The van der Waals surface area contributed by atoms with Crippen LogP contribution < -0.4 is 10.6 Å². The van der Waals surface area contributed by atoms with Crippen molar-refractivity contribution in [3.8, 4) is 0 Å². The van der Waals surface area contributed by atoms with E-state index in [1.807, 2.05) is 32.0 Å². The first-order chi connectivity index (χ1) is 10.5. The van der Waals surface area contributed by atoms with Crippen LogP contribution in [0.2, 0.25) is 0 Å². The lowest BCUT2D eigenvalue weighted by Gasteiger charge is -2.07.